The summed E-state index contributed by atoms with van der Waals surface area (Å²) in [5.41, 5.74) is 2.81. The van der Waals surface area contributed by atoms with Gasteiger partial charge in [0.2, 0.25) is 5.82 Å². The normalized spacial score (nSPS) is 10.7. The summed E-state index contributed by atoms with van der Waals surface area (Å²) in [7, 11) is 1.33. The molecule has 2 heterocycles. The summed E-state index contributed by atoms with van der Waals surface area (Å²) in [6.07, 6.45) is 3.51. The van der Waals surface area contributed by atoms with Crippen LogP contribution in [-0.4, -0.2) is 28.0 Å². The van der Waals surface area contributed by atoms with E-state index in [2.05, 4.69) is 19.7 Å². The molecule has 0 atom stereocenters. The number of fused-ring (bicyclic) bond motifs is 1. The summed E-state index contributed by atoms with van der Waals surface area (Å²) in [4.78, 5) is 21.5. The second-order valence-corrected chi connectivity index (χ2v) is 3.88. The average Bonchev–Trinajstić information content (AvgIpc) is 3.03. The molecule has 0 unspecified atom stereocenters. The fourth-order valence-corrected chi connectivity index (χ4v) is 1.95. The number of H-pyrrole nitrogens is 2. The van der Waals surface area contributed by atoms with Crippen molar-refractivity contribution in [2.45, 2.75) is 0 Å². The number of carbonyl (C=O) groups excluding carboxylic acids is 1. The Morgan fingerprint density at radius 3 is 3.00 bits per heavy atom. The summed E-state index contributed by atoms with van der Waals surface area (Å²) in [6, 6.07) is 7.95. The summed E-state index contributed by atoms with van der Waals surface area (Å²) in [6.45, 7) is 0. The third-order valence-corrected chi connectivity index (χ3v) is 2.83. The highest BCUT2D eigenvalue weighted by molar-refractivity contribution is 5.95. The first-order valence-corrected chi connectivity index (χ1v) is 5.49. The molecule has 0 aliphatic rings. The van der Waals surface area contributed by atoms with E-state index in [0.29, 0.717) is 0 Å². The second kappa shape index (κ2) is 4.03. The number of esters is 1. The van der Waals surface area contributed by atoms with E-state index in [9.17, 15) is 4.79 Å². The monoisotopic (exact) mass is 241 g/mol. The van der Waals surface area contributed by atoms with Gasteiger partial charge in [0.05, 0.1) is 19.0 Å². The van der Waals surface area contributed by atoms with E-state index in [1.807, 2.05) is 30.5 Å². The molecule has 5 nitrogen and oxygen atoms in total. The number of hydrogen-bond donors (Lipinski definition) is 2. The van der Waals surface area contributed by atoms with Gasteiger partial charge < -0.3 is 14.7 Å². The molecule has 2 N–H and O–H groups in total. The van der Waals surface area contributed by atoms with Crippen LogP contribution in [0.2, 0.25) is 0 Å². The number of para-hydroxylation sites is 1. The van der Waals surface area contributed by atoms with E-state index in [1.54, 1.807) is 6.20 Å². The fourth-order valence-electron chi connectivity index (χ4n) is 1.95. The molecule has 5 heteroatoms. The SMILES string of the molecule is COC(=O)c1ncc(-c2c[nH]c3ccccc23)[nH]1. The number of carbonyl (C=O) groups is 1. The zero-order valence-corrected chi connectivity index (χ0v) is 9.73. The summed E-state index contributed by atoms with van der Waals surface area (Å²) in [5, 5.41) is 1.08. The molecule has 90 valence electrons. The Balaban J connectivity index is 2.09. The van der Waals surface area contributed by atoms with E-state index in [1.165, 1.54) is 7.11 Å². The molecule has 0 aliphatic carbocycles. The van der Waals surface area contributed by atoms with Gasteiger partial charge in [0.15, 0.2) is 0 Å². The van der Waals surface area contributed by atoms with Gasteiger partial charge in [0, 0.05) is 22.7 Å². The van der Waals surface area contributed by atoms with Crippen LogP contribution in [-0.2, 0) is 4.74 Å². The molecular weight excluding hydrogens is 230 g/mol. The van der Waals surface area contributed by atoms with Gasteiger partial charge in [-0.15, -0.1) is 0 Å². The first-order valence-electron chi connectivity index (χ1n) is 5.49. The third-order valence-electron chi connectivity index (χ3n) is 2.83. The minimum absolute atomic E-state index is 0.206. The maximum atomic E-state index is 11.3. The number of aromatic amines is 2. The van der Waals surface area contributed by atoms with Crippen LogP contribution in [0.1, 0.15) is 10.6 Å². The second-order valence-electron chi connectivity index (χ2n) is 3.88. The zero-order valence-electron chi connectivity index (χ0n) is 9.73. The lowest BCUT2D eigenvalue weighted by atomic mass is 10.1. The highest BCUT2D eigenvalue weighted by Crippen LogP contribution is 2.26. The standard InChI is InChI=1S/C13H11N3O2/c1-18-13(17)12-15-7-11(16-12)9-6-14-10-5-3-2-4-8(9)10/h2-7,14H,1H3,(H,15,16). The molecule has 2 aromatic heterocycles. The van der Waals surface area contributed by atoms with Crippen molar-refractivity contribution in [3.63, 3.8) is 0 Å². The summed E-state index contributed by atoms with van der Waals surface area (Å²) < 4.78 is 4.61. The Kier molecular flexibility index (Phi) is 2.37. The highest BCUT2D eigenvalue weighted by atomic mass is 16.5. The van der Waals surface area contributed by atoms with E-state index in [0.717, 1.165) is 22.2 Å². The first kappa shape index (κ1) is 10.6. The zero-order chi connectivity index (χ0) is 12.5. The Morgan fingerprint density at radius 2 is 2.17 bits per heavy atom. The Morgan fingerprint density at radius 1 is 1.33 bits per heavy atom. The van der Waals surface area contributed by atoms with Crippen molar-refractivity contribution in [2.75, 3.05) is 7.11 Å². The van der Waals surface area contributed by atoms with Crippen molar-refractivity contribution in [3.8, 4) is 11.3 Å². The molecule has 3 rings (SSSR count). The van der Waals surface area contributed by atoms with E-state index >= 15 is 0 Å². The van der Waals surface area contributed by atoms with Crippen LogP contribution >= 0.6 is 0 Å². The maximum Gasteiger partial charge on any atom is 0.374 e. The van der Waals surface area contributed by atoms with Crippen molar-refractivity contribution >= 4 is 16.9 Å². The van der Waals surface area contributed by atoms with Crippen LogP contribution < -0.4 is 0 Å². The Labute approximate surface area is 103 Å². The molecule has 0 bridgehead atoms. The highest BCUT2D eigenvalue weighted by Gasteiger charge is 2.13. The van der Waals surface area contributed by atoms with Crippen LogP contribution in [0, 0.1) is 0 Å². The first-order chi connectivity index (χ1) is 8.79. The average molecular weight is 241 g/mol. The van der Waals surface area contributed by atoms with E-state index in [4.69, 9.17) is 0 Å². The molecule has 0 aliphatic heterocycles. The number of ether oxygens (including phenoxy) is 1. The number of nitrogens with zero attached hydrogens (tertiary/aromatic N) is 1. The number of methoxy groups -OCH3 is 1. The molecule has 1 aromatic carbocycles. The molecule has 0 saturated heterocycles. The fraction of sp³-hybridized carbons (Fsp3) is 0.0769. The quantitative estimate of drug-likeness (QED) is 0.676. The minimum atomic E-state index is -0.471. The Bertz CT molecular complexity index is 712. The Hall–Kier alpha value is -2.56. The molecule has 3 aromatic rings. The van der Waals surface area contributed by atoms with Crippen molar-refractivity contribution in [1.29, 1.82) is 0 Å². The number of hydrogen-bond acceptors (Lipinski definition) is 3. The van der Waals surface area contributed by atoms with Crippen LogP contribution in [0.4, 0.5) is 0 Å². The summed E-state index contributed by atoms with van der Waals surface area (Å²) >= 11 is 0. The van der Waals surface area contributed by atoms with Gasteiger partial charge in [-0.05, 0) is 6.07 Å². The smallest absolute Gasteiger partial charge is 0.374 e. The predicted octanol–water partition coefficient (Wildman–Crippen LogP) is 2.34. The predicted molar refractivity (Wildman–Crippen MR) is 67.2 cm³/mol. The lowest BCUT2D eigenvalue weighted by Gasteiger charge is -1.95. The molecule has 0 amide bonds. The maximum absolute atomic E-state index is 11.3. The van der Waals surface area contributed by atoms with Crippen molar-refractivity contribution in [2.24, 2.45) is 0 Å². The van der Waals surface area contributed by atoms with E-state index < -0.39 is 5.97 Å². The minimum Gasteiger partial charge on any atom is -0.463 e. The van der Waals surface area contributed by atoms with Crippen LogP contribution in [0.3, 0.4) is 0 Å². The lowest BCUT2D eigenvalue weighted by molar-refractivity contribution is 0.0588. The largest absolute Gasteiger partial charge is 0.463 e. The molecule has 0 spiro atoms. The molecule has 0 fully saturated rings. The van der Waals surface area contributed by atoms with Gasteiger partial charge in [-0.25, -0.2) is 9.78 Å². The van der Waals surface area contributed by atoms with Gasteiger partial charge in [-0.2, -0.15) is 0 Å². The van der Waals surface area contributed by atoms with E-state index in [-0.39, 0.29) is 5.82 Å². The van der Waals surface area contributed by atoms with Crippen LogP contribution in [0.5, 0.6) is 0 Å². The van der Waals surface area contributed by atoms with Gasteiger partial charge in [-0.1, -0.05) is 18.2 Å². The molecule has 18 heavy (non-hydrogen) atoms. The summed E-state index contributed by atoms with van der Waals surface area (Å²) in [5.74, 6) is -0.265. The van der Waals surface area contributed by atoms with Crippen LogP contribution in [0.25, 0.3) is 22.2 Å². The molecular formula is C13H11N3O2. The lowest BCUT2D eigenvalue weighted by Crippen LogP contribution is -2.03. The van der Waals surface area contributed by atoms with Crippen molar-refractivity contribution < 1.29 is 9.53 Å². The number of rotatable bonds is 2. The molecule has 0 saturated carbocycles. The van der Waals surface area contributed by atoms with Gasteiger partial charge in [-0.3, -0.25) is 0 Å². The number of aromatic nitrogens is 3. The van der Waals surface area contributed by atoms with Gasteiger partial charge >= 0.3 is 5.97 Å². The third kappa shape index (κ3) is 1.57. The number of nitrogens with one attached hydrogen (secondary N) is 2. The topological polar surface area (TPSA) is 70.8 Å². The molecule has 0 radical (unpaired) electrons. The number of benzene rings is 1. The van der Waals surface area contributed by atoms with Gasteiger partial charge in [0.1, 0.15) is 0 Å². The number of imidazole rings is 1. The van der Waals surface area contributed by atoms with Crippen molar-refractivity contribution in [3.05, 3.63) is 42.5 Å². The van der Waals surface area contributed by atoms with Gasteiger partial charge in [0.25, 0.3) is 0 Å². The van der Waals surface area contributed by atoms with Crippen LogP contribution in [0.15, 0.2) is 36.7 Å². The van der Waals surface area contributed by atoms with Crippen molar-refractivity contribution in [1.82, 2.24) is 15.0 Å².